The van der Waals surface area contributed by atoms with E-state index in [1.54, 1.807) is 0 Å². The molecule has 2 aliphatic rings. The minimum atomic E-state index is -0.839. The summed E-state index contributed by atoms with van der Waals surface area (Å²) < 4.78 is 0. The Morgan fingerprint density at radius 2 is 1.63 bits per heavy atom. The van der Waals surface area contributed by atoms with Gasteiger partial charge in [0.05, 0.1) is 6.54 Å². The molecule has 1 aromatic carbocycles. The number of amides is 4. The fourth-order valence-corrected chi connectivity index (χ4v) is 4.41. The number of rotatable bonds is 7. The van der Waals surface area contributed by atoms with Gasteiger partial charge < -0.3 is 10.6 Å². The number of carbonyl (C=O) groups excluding carboxylic acids is 3. The molecular formula is C23H34N4O3. The number of benzene rings is 1. The molecule has 0 unspecified atom stereocenters. The number of imide groups is 1. The van der Waals surface area contributed by atoms with Crippen molar-refractivity contribution in [1.29, 1.82) is 0 Å². The van der Waals surface area contributed by atoms with E-state index in [1.807, 2.05) is 0 Å². The van der Waals surface area contributed by atoms with Crippen LogP contribution in [-0.4, -0.2) is 34.9 Å². The number of hydrogen-bond acceptors (Lipinski definition) is 4. The predicted molar refractivity (Wildman–Crippen MR) is 115 cm³/mol. The van der Waals surface area contributed by atoms with Crippen LogP contribution in [-0.2, 0) is 9.59 Å². The molecule has 0 bridgehead atoms. The molecule has 0 radical (unpaired) electrons. The molecule has 1 aromatic rings. The number of nitrogens with one attached hydrogen (secondary N) is 3. The Morgan fingerprint density at radius 3 is 2.20 bits per heavy atom. The lowest BCUT2D eigenvalue weighted by Crippen LogP contribution is -2.52. The molecule has 1 aliphatic heterocycles. The molecule has 1 heterocycles. The molecule has 1 saturated heterocycles. The van der Waals surface area contributed by atoms with Crippen LogP contribution in [0.5, 0.6) is 0 Å². The van der Waals surface area contributed by atoms with E-state index in [-0.39, 0.29) is 24.4 Å². The third-order valence-electron chi connectivity index (χ3n) is 6.22. The lowest BCUT2D eigenvalue weighted by molar-refractivity contribution is -0.139. The molecule has 3 N–H and O–H groups in total. The van der Waals surface area contributed by atoms with Crippen molar-refractivity contribution >= 4 is 17.8 Å². The largest absolute Gasteiger partial charge is 0.344 e. The second kappa shape index (κ2) is 9.16. The third kappa shape index (κ3) is 4.67. The Bertz CT molecular complexity index is 782. The standard InChI is InChI=1S/C23H34N4O3/c1-15(2)17-8-10-18(11-9-17)20(16(3)4)24-14-19(28)26-27-21(29)23(25-22(27)30)12-6-5-7-13-23/h8-11,15-16,20,24H,5-7,12-14H2,1-4H3,(H,25,30)(H,26,28)/t20-/m1/s1. The maximum atomic E-state index is 12.8. The number of nitrogens with zero attached hydrogens (tertiary/aromatic N) is 1. The summed E-state index contributed by atoms with van der Waals surface area (Å²) in [5.41, 5.74) is 4.03. The molecule has 4 amide bonds. The number of urea groups is 1. The van der Waals surface area contributed by atoms with E-state index < -0.39 is 17.5 Å². The van der Waals surface area contributed by atoms with E-state index in [0.29, 0.717) is 18.8 Å². The molecule has 1 aliphatic carbocycles. The highest BCUT2D eigenvalue weighted by molar-refractivity contribution is 6.08. The molecule has 1 atom stereocenters. The summed E-state index contributed by atoms with van der Waals surface area (Å²) in [5, 5.41) is 6.94. The maximum absolute atomic E-state index is 12.8. The second-order valence-corrected chi connectivity index (χ2v) is 9.17. The quantitative estimate of drug-likeness (QED) is 0.597. The number of hydrazine groups is 1. The Labute approximate surface area is 178 Å². The van der Waals surface area contributed by atoms with Crippen molar-refractivity contribution in [2.75, 3.05) is 6.54 Å². The lowest BCUT2D eigenvalue weighted by Gasteiger charge is -2.30. The van der Waals surface area contributed by atoms with Crippen molar-refractivity contribution < 1.29 is 14.4 Å². The normalized spacial score (nSPS) is 19.5. The fourth-order valence-electron chi connectivity index (χ4n) is 4.41. The summed E-state index contributed by atoms with van der Waals surface area (Å²) in [6.07, 6.45) is 4.13. The van der Waals surface area contributed by atoms with Crippen LogP contribution in [0.25, 0.3) is 0 Å². The van der Waals surface area contributed by atoms with E-state index in [4.69, 9.17) is 0 Å². The van der Waals surface area contributed by atoms with Gasteiger partial charge in [0.2, 0.25) is 0 Å². The first-order chi connectivity index (χ1) is 14.2. The first-order valence-corrected chi connectivity index (χ1v) is 11.0. The average Bonchev–Trinajstić information content (AvgIpc) is 2.92. The lowest BCUT2D eigenvalue weighted by atomic mass is 9.82. The van der Waals surface area contributed by atoms with E-state index in [0.717, 1.165) is 29.8 Å². The molecule has 30 heavy (non-hydrogen) atoms. The Balaban J connectivity index is 1.59. The van der Waals surface area contributed by atoms with Crippen LogP contribution < -0.4 is 16.1 Å². The number of carbonyl (C=O) groups is 3. The summed E-state index contributed by atoms with van der Waals surface area (Å²) in [7, 11) is 0. The molecule has 1 spiro atoms. The minimum Gasteiger partial charge on any atom is -0.322 e. The highest BCUT2D eigenvalue weighted by Gasteiger charge is 2.52. The highest BCUT2D eigenvalue weighted by atomic mass is 16.2. The maximum Gasteiger partial charge on any atom is 0.344 e. The van der Waals surface area contributed by atoms with Crippen molar-refractivity contribution in [3.05, 3.63) is 35.4 Å². The van der Waals surface area contributed by atoms with Crippen LogP contribution in [0.15, 0.2) is 24.3 Å². The zero-order chi connectivity index (χ0) is 21.9. The zero-order valence-electron chi connectivity index (χ0n) is 18.5. The van der Waals surface area contributed by atoms with Crippen LogP contribution in [0.2, 0.25) is 0 Å². The smallest absolute Gasteiger partial charge is 0.322 e. The molecule has 7 nitrogen and oxygen atoms in total. The molecule has 164 valence electrons. The van der Waals surface area contributed by atoms with Crippen LogP contribution in [0.1, 0.15) is 82.9 Å². The van der Waals surface area contributed by atoms with Gasteiger partial charge in [0.25, 0.3) is 11.8 Å². The van der Waals surface area contributed by atoms with Gasteiger partial charge in [-0.3, -0.25) is 15.0 Å². The van der Waals surface area contributed by atoms with Crippen molar-refractivity contribution in [2.24, 2.45) is 5.92 Å². The molecule has 3 rings (SSSR count). The van der Waals surface area contributed by atoms with Gasteiger partial charge in [0.1, 0.15) is 5.54 Å². The van der Waals surface area contributed by atoms with Crippen molar-refractivity contribution in [2.45, 2.75) is 77.3 Å². The monoisotopic (exact) mass is 414 g/mol. The fraction of sp³-hybridized carbons (Fsp3) is 0.609. The summed E-state index contributed by atoms with van der Waals surface area (Å²) in [4.78, 5) is 37.6. The molecule has 1 saturated carbocycles. The van der Waals surface area contributed by atoms with Crippen molar-refractivity contribution in [3.63, 3.8) is 0 Å². The summed E-state index contributed by atoms with van der Waals surface area (Å²) >= 11 is 0. The second-order valence-electron chi connectivity index (χ2n) is 9.17. The predicted octanol–water partition coefficient (Wildman–Crippen LogP) is 3.38. The Morgan fingerprint density at radius 1 is 1.03 bits per heavy atom. The molecule has 0 aromatic heterocycles. The first-order valence-electron chi connectivity index (χ1n) is 11.0. The molecule has 7 heteroatoms. The van der Waals surface area contributed by atoms with Gasteiger partial charge in [-0.15, -0.1) is 0 Å². The molecular weight excluding hydrogens is 380 g/mol. The zero-order valence-corrected chi connectivity index (χ0v) is 18.5. The highest BCUT2D eigenvalue weighted by Crippen LogP contribution is 2.33. The summed E-state index contributed by atoms with van der Waals surface area (Å²) in [6.45, 7) is 8.51. The van der Waals surface area contributed by atoms with E-state index in [9.17, 15) is 14.4 Å². The van der Waals surface area contributed by atoms with Crippen LogP contribution in [0.4, 0.5) is 4.79 Å². The Kier molecular flexibility index (Phi) is 6.81. The summed E-state index contributed by atoms with van der Waals surface area (Å²) in [6, 6.07) is 7.87. The van der Waals surface area contributed by atoms with Crippen LogP contribution in [0, 0.1) is 5.92 Å². The van der Waals surface area contributed by atoms with E-state index in [1.165, 1.54) is 5.56 Å². The van der Waals surface area contributed by atoms with Gasteiger partial charge in [-0.25, -0.2) is 4.79 Å². The SMILES string of the molecule is CC(C)c1ccc([C@H](NCC(=O)NN2C(=O)NC3(CCCCC3)C2=O)C(C)C)cc1. The van der Waals surface area contributed by atoms with Crippen molar-refractivity contribution in [1.82, 2.24) is 21.1 Å². The first kappa shape index (κ1) is 22.3. The third-order valence-corrected chi connectivity index (χ3v) is 6.22. The minimum absolute atomic E-state index is 0.00949. The van der Waals surface area contributed by atoms with Crippen LogP contribution >= 0.6 is 0 Å². The average molecular weight is 415 g/mol. The number of hydrogen-bond donors (Lipinski definition) is 3. The van der Waals surface area contributed by atoms with Gasteiger partial charge >= 0.3 is 6.03 Å². The summed E-state index contributed by atoms with van der Waals surface area (Å²) in [5.74, 6) is -0.0159. The van der Waals surface area contributed by atoms with Gasteiger partial charge in [-0.2, -0.15) is 5.01 Å². The molecule has 2 fully saturated rings. The van der Waals surface area contributed by atoms with Gasteiger partial charge in [-0.05, 0) is 35.8 Å². The van der Waals surface area contributed by atoms with Crippen LogP contribution in [0.3, 0.4) is 0 Å². The van der Waals surface area contributed by atoms with Gasteiger partial charge in [0, 0.05) is 6.04 Å². The van der Waals surface area contributed by atoms with E-state index >= 15 is 0 Å². The van der Waals surface area contributed by atoms with Gasteiger partial charge in [0.15, 0.2) is 0 Å². The topological polar surface area (TPSA) is 90.5 Å². The van der Waals surface area contributed by atoms with Crippen molar-refractivity contribution in [3.8, 4) is 0 Å². The Hall–Kier alpha value is -2.41. The van der Waals surface area contributed by atoms with E-state index in [2.05, 4.69) is 68.0 Å². The van der Waals surface area contributed by atoms with Gasteiger partial charge in [-0.1, -0.05) is 71.2 Å².